The first-order valence-corrected chi connectivity index (χ1v) is 5.32. The number of nitrogens with zero attached hydrogens (tertiary/aromatic N) is 1. The van der Waals surface area contributed by atoms with Crippen LogP contribution in [-0.2, 0) is 5.92 Å². The minimum Gasteiger partial charge on any atom is -0.201 e. The van der Waals surface area contributed by atoms with Crippen molar-refractivity contribution in [3.05, 3.63) is 35.4 Å². The first-order valence-electron chi connectivity index (χ1n) is 5.32. The highest BCUT2D eigenvalue weighted by atomic mass is 19.3. The van der Waals surface area contributed by atoms with Gasteiger partial charge < -0.3 is 0 Å². The van der Waals surface area contributed by atoms with E-state index in [4.69, 9.17) is 5.26 Å². The zero-order valence-electron chi connectivity index (χ0n) is 9.50. The van der Waals surface area contributed by atoms with E-state index in [1.54, 1.807) is 18.2 Å². The summed E-state index contributed by atoms with van der Waals surface area (Å²) >= 11 is 0. The molecule has 0 aliphatic heterocycles. The van der Waals surface area contributed by atoms with Crippen molar-refractivity contribution in [3.8, 4) is 6.07 Å². The molecule has 0 atom stereocenters. The Kier molecular flexibility index (Phi) is 4.00. The average Bonchev–Trinajstić information content (AvgIpc) is 2.26. The van der Waals surface area contributed by atoms with Gasteiger partial charge in [-0.25, -0.2) is 8.78 Å². The van der Waals surface area contributed by atoms with Gasteiger partial charge in [0.2, 0.25) is 0 Å². The average molecular weight is 223 g/mol. The summed E-state index contributed by atoms with van der Waals surface area (Å²) in [6, 6.07) is 8.09. The fourth-order valence-electron chi connectivity index (χ4n) is 1.47. The first kappa shape index (κ1) is 12.6. The van der Waals surface area contributed by atoms with E-state index in [0.717, 1.165) is 5.56 Å². The molecule has 0 bridgehead atoms. The van der Waals surface area contributed by atoms with Crippen molar-refractivity contribution < 1.29 is 8.78 Å². The van der Waals surface area contributed by atoms with Crippen molar-refractivity contribution in [1.82, 2.24) is 0 Å². The monoisotopic (exact) mass is 223 g/mol. The molecule has 16 heavy (non-hydrogen) atoms. The molecular weight excluding hydrogens is 208 g/mol. The topological polar surface area (TPSA) is 23.8 Å². The molecule has 0 aliphatic rings. The highest BCUT2D eigenvalue weighted by Crippen LogP contribution is 2.33. The van der Waals surface area contributed by atoms with E-state index in [9.17, 15) is 8.78 Å². The molecule has 1 aromatic rings. The van der Waals surface area contributed by atoms with Gasteiger partial charge in [0.05, 0.1) is 6.07 Å². The molecule has 0 aliphatic carbocycles. The normalized spacial score (nSPS) is 11.5. The van der Waals surface area contributed by atoms with Gasteiger partial charge in [-0.3, -0.25) is 0 Å². The van der Waals surface area contributed by atoms with Crippen molar-refractivity contribution in [2.75, 3.05) is 0 Å². The van der Waals surface area contributed by atoms with Crippen LogP contribution < -0.4 is 0 Å². The maximum atomic E-state index is 13.5. The van der Waals surface area contributed by atoms with Crippen molar-refractivity contribution in [2.45, 2.75) is 38.5 Å². The Morgan fingerprint density at radius 2 is 1.81 bits per heavy atom. The van der Waals surface area contributed by atoms with E-state index in [0.29, 0.717) is 5.92 Å². The molecular formula is C13H15F2N. The second-order valence-electron chi connectivity index (χ2n) is 4.14. The number of hydrogen-bond acceptors (Lipinski definition) is 1. The van der Waals surface area contributed by atoms with Crippen molar-refractivity contribution in [2.24, 2.45) is 0 Å². The van der Waals surface area contributed by atoms with Crippen LogP contribution in [0.4, 0.5) is 8.78 Å². The Hall–Kier alpha value is -1.43. The molecule has 0 N–H and O–H groups in total. The Bertz CT molecular complexity index is 374. The van der Waals surface area contributed by atoms with E-state index in [1.165, 1.54) is 12.1 Å². The lowest BCUT2D eigenvalue weighted by Gasteiger charge is -2.16. The van der Waals surface area contributed by atoms with Crippen molar-refractivity contribution in [3.63, 3.8) is 0 Å². The summed E-state index contributed by atoms with van der Waals surface area (Å²) in [6.45, 7) is 4.03. The molecule has 0 saturated heterocycles. The van der Waals surface area contributed by atoms with Crippen LogP contribution in [0.5, 0.6) is 0 Å². The predicted molar refractivity (Wildman–Crippen MR) is 59.3 cm³/mol. The van der Waals surface area contributed by atoms with Gasteiger partial charge in [0, 0.05) is 18.4 Å². The zero-order valence-corrected chi connectivity index (χ0v) is 9.50. The number of alkyl halides is 2. The molecule has 0 aromatic heterocycles. The molecule has 1 rings (SSSR count). The summed E-state index contributed by atoms with van der Waals surface area (Å²) < 4.78 is 27.0. The highest BCUT2D eigenvalue weighted by molar-refractivity contribution is 5.27. The second kappa shape index (κ2) is 5.07. The van der Waals surface area contributed by atoms with Crippen molar-refractivity contribution >= 4 is 0 Å². The SMILES string of the molecule is CC(C)c1ccc(C(F)(F)CCC#N)cc1. The van der Waals surface area contributed by atoms with Crippen LogP contribution in [0.2, 0.25) is 0 Å². The van der Waals surface area contributed by atoms with E-state index in [-0.39, 0.29) is 12.0 Å². The lowest BCUT2D eigenvalue weighted by atomic mass is 9.98. The predicted octanol–water partition coefficient (Wildman–Crippen LogP) is 4.21. The molecule has 1 aromatic carbocycles. The second-order valence-corrected chi connectivity index (χ2v) is 4.14. The third-order valence-corrected chi connectivity index (χ3v) is 2.55. The van der Waals surface area contributed by atoms with Gasteiger partial charge in [0.15, 0.2) is 0 Å². The van der Waals surface area contributed by atoms with Gasteiger partial charge in [-0.05, 0) is 11.5 Å². The number of nitriles is 1. The van der Waals surface area contributed by atoms with Gasteiger partial charge >= 0.3 is 0 Å². The molecule has 0 spiro atoms. The quantitative estimate of drug-likeness (QED) is 0.750. The van der Waals surface area contributed by atoms with Crippen LogP contribution in [0.1, 0.15) is 43.7 Å². The van der Waals surface area contributed by atoms with Gasteiger partial charge in [0.25, 0.3) is 5.92 Å². The summed E-state index contributed by atoms with van der Waals surface area (Å²) in [6.07, 6.45) is -0.538. The Morgan fingerprint density at radius 3 is 2.25 bits per heavy atom. The maximum Gasteiger partial charge on any atom is 0.274 e. The van der Waals surface area contributed by atoms with Crippen LogP contribution in [0.25, 0.3) is 0 Å². The number of benzene rings is 1. The molecule has 0 radical (unpaired) electrons. The van der Waals surface area contributed by atoms with Crippen LogP contribution in [0, 0.1) is 11.3 Å². The molecule has 0 unspecified atom stereocenters. The maximum absolute atomic E-state index is 13.5. The van der Waals surface area contributed by atoms with E-state index < -0.39 is 12.3 Å². The van der Waals surface area contributed by atoms with E-state index >= 15 is 0 Å². The van der Waals surface area contributed by atoms with Gasteiger partial charge in [0.1, 0.15) is 0 Å². The summed E-state index contributed by atoms with van der Waals surface area (Å²) in [5.74, 6) is -2.56. The Morgan fingerprint density at radius 1 is 1.25 bits per heavy atom. The van der Waals surface area contributed by atoms with Crippen LogP contribution in [0.15, 0.2) is 24.3 Å². The van der Waals surface area contributed by atoms with Crippen LogP contribution in [-0.4, -0.2) is 0 Å². The van der Waals surface area contributed by atoms with Gasteiger partial charge in [-0.1, -0.05) is 38.1 Å². The molecule has 0 heterocycles. The minimum atomic E-state index is -2.90. The Labute approximate surface area is 94.7 Å². The molecule has 3 heteroatoms. The fourth-order valence-corrected chi connectivity index (χ4v) is 1.47. The van der Waals surface area contributed by atoms with Crippen LogP contribution in [0.3, 0.4) is 0 Å². The van der Waals surface area contributed by atoms with Gasteiger partial charge in [-0.15, -0.1) is 0 Å². The standard InChI is InChI=1S/C13H15F2N/c1-10(2)11-4-6-12(7-5-11)13(14,15)8-3-9-16/h4-7,10H,3,8H2,1-2H3. The molecule has 86 valence electrons. The smallest absolute Gasteiger partial charge is 0.201 e. The first-order chi connectivity index (χ1) is 7.47. The fraction of sp³-hybridized carbons (Fsp3) is 0.462. The zero-order chi connectivity index (χ0) is 12.2. The largest absolute Gasteiger partial charge is 0.274 e. The lowest BCUT2D eigenvalue weighted by molar-refractivity contribution is -0.0119. The number of rotatable bonds is 4. The molecule has 0 fully saturated rings. The third kappa shape index (κ3) is 3.03. The highest BCUT2D eigenvalue weighted by Gasteiger charge is 2.30. The summed E-state index contributed by atoms with van der Waals surface area (Å²) in [7, 11) is 0. The van der Waals surface area contributed by atoms with Crippen molar-refractivity contribution in [1.29, 1.82) is 5.26 Å². The van der Waals surface area contributed by atoms with E-state index in [2.05, 4.69) is 0 Å². The van der Waals surface area contributed by atoms with Crippen LogP contribution >= 0.6 is 0 Å². The number of hydrogen-bond donors (Lipinski definition) is 0. The summed E-state index contributed by atoms with van der Waals surface area (Å²) in [5.41, 5.74) is 1.03. The number of halogens is 2. The van der Waals surface area contributed by atoms with E-state index in [1.807, 2.05) is 13.8 Å². The molecule has 0 amide bonds. The molecule has 1 nitrogen and oxygen atoms in total. The Balaban J connectivity index is 2.84. The van der Waals surface area contributed by atoms with Gasteiger partial charge in [-0.2, -0.15) is 5.26 Å². The summed E-state index contributed by atoms with van der Waals surface area (Å²) in [4.78, 5) is 0. The summed E-state index contributed by atoms with van der Waals surface area (Å²) in [5, 5.41) is 8.31. The molecule has 0 saturated carbocycles. The third-order valence-electron chi connectivity index (χ3n) is 2.55. The minimum absolute atomic E-state index is 0.00727. The lowest BCUT2D eigenvalue weighted by Crippen LogP contribution is -2.12.